The predicted molar refractivity (Wildman–Crippen MR) is 112 cm³/mol. The van der Waals surface area contributed by atoms with Crippen LogP contribution in [0.2, 0.25) is 0 Å². The highest BCUT2D eigenvalue weighted by atomic mass is 16.3. The topological polar surface area (TPSA) is 46.3 Å². The Bertz CT molecular complexity index is 1130. The number of benzene rings is 2. The van der Waals surface area contributed by atoms with Gasteiger partial charge >= 0.3 is 0 Å². The zero-order valence-corrected chi connectivity index (χ0v) is 16.3. The minimum Gasteiger partial charge on any atom is -0.450 e. The van der Waals surface area contributed by atoms with Crippen LogP contribution in [0.15, 0.2) is 71.3 Å². The maximum absolute atomic E-state index is 13.5. The van der Waals surface area contributed by atoms with Crippen LogP contribution < -0.4 is 4.90 Å². The standard InChI is InChI=1S/C24H22N2O2/c1-16-12-13-20-18(3)23(28-22(20)17(16)2)24(27)26(21-11-7-8-14-25-21)15-19-9-5-4-6-10-19/h4-14H,15H2,1-3H3. The van der Waals surface area contributed by atoms with E-state index in [1.165, 1.54) is 0 Å². The number of hydrogen-bond donors (Lipinski definition) is 0. The molecule has 4 rings (SSSR count). The Morgan fingerprint density at radius 3 is 2.39 bits per heavy atom. The SMILES string of the molecule is Cc1ccc2c(C)c(C(=O)N(Cc3ccccc3)c3ccccn3)oc2c1C. The minimum absolute atomic E-state index is 0.187. The normalized spacial score (nSPS) is 11.0. The maximum atomic E-state index is 13.5. The number of pyridine rings is 1. The summed E-state index contributed by atoms with van der Waals surface area (Å²) in [5, 5.41) is 0.979. The van der Waals surface area contributed by atoms with Crippen LogP contribution in [0.3, 0.4) is 0 Å². The van der Waals surface area contributed by atoms with Crippen molar-refractivity contribution >= 4 is 22.7 Å². The molecule has 0 bridgehead atoms. The quantitative estimate of drug-likeness (QED) is 0.470. The summed E-state index contributed by atoms with van der Waals surface area (Å²) >= 11 is 0. The lowest BCUT2D eigenvalue weighted by molar-refractivity contribution is 0.0959. The van der Waals surface area contributed by atoms with Gasteiger partial charge in [0.25, 0.3) is 5.91 Å². The molecule has 140 valence electrons. The fourth-order valence-electron chi connectivity index (χ4n) is 3.38. The molecule has 0 saturated heterocycles. The number of nitrogens with zero attached hydrogens (tertiary/aromatic N) is 2. The van der Waals surface area contributed by atoms with Gasteiger partial charge in [-0.1, -0.05) is 48.5 Å². The number of furan rings is 1. The van der Waals surface area contributed by atoms with Crippen molar-refractivity contribution in [2.24, 2.45) is 0 Å². The number of aryl methyl sites for hydroxylation is 3. The van der Waals surface area contributed by atoms with E-state index in [0.29, 0.717) is 18.1 Å². The van der Waals surface area contributed by atoms with Gasteiger partial charge in [0.05, 0.1) is 6.54 Å². The van der Waals surface area contributed by atoms with Crippen LogP contribution in [-0.4, -0.2) is 10.9 Å². The van der Waals surface area contributed by atoms with Crippen LogP contribution >= 0.6 is 0 Å². The van der Waals surface area contributed by atoms with Gasteiger partial charge < -0.3 is 4.42 Å². The van der Waals surface area contributed by atoms with E-state index in [4.69, 9.17) is 4.42 Å². The van der Waals surface area contributed by atoms with Crippen LogP contribution in [0.1, 0.15) is 32.8 Å². The van der Waals surface area contributed by atoms with Gasteiger partial charge in [-0.25, -0.2) is 4.98 Å². The van der Waals surface area contributed by atoms with Crippen molar-refractivity contribution in [1.82, 2.24) is 4.98 Å². The summed E-state index contributed by atoms with van der Waals surface area (Å²) < 4.78 is 6.09. The number of carbonyl (C=O) groups excluding carboxylic acids is 1. The van der Waals surface area contributed by atoms with Gasteiger partial charge in [0.15, 0.2) is 5.76 Å². The molecule has 2 heterocycles. The zero-order chi connectivity index (χ0) is 19.7. The first-order valence-electron chi connectivity index (χ1n) is 9.32. The summed E-state index contributed by atoms with van der Waals surface area (Å²) in [7, 11) is 0. The summed E-state index contributed by atoms with van der Waals surface area (Å²) in [6.07, 6.45) is 1.69. The van der Waals surface area contributed by atoms with Crippen molar-refractivity contribution in [3.05, 3.63) is 94.9 Å². The molecule has 0 unspecified atom stereocenters. The fraction of sp³-hybridized carbons (Fsp3) is 0.167. The monoisotopic (exact) mass is 370 g/mol. The first-order chi connectivity index (χ1) is 13.6. The summed E-state index contributed by atoms with van der Waals surface area (Å²) in [5.41, 5.74) is 4.87. The van der Waals surface area contributed by atoms with Crippen LogP contribution in [0.4, 0.5) is 5.82 Å². The Balaban J connectivity index is 1.80. The van der Waals surface area contributed by atoms with Crippen LogP contribution in [-0.2, 0) is 6.54 Å². The van der Waals surface area contributed by atoms with Gasteiger partial charge in [-0.2, -0.15) is 0 Å². The second kappa shape index (κ2) is 7.31. The van der Waals surface area contributed by atoms with Crippen LogP contribution in [0.25, 0.3) is 11.0 Å². The molecule has 0 saturated carbocycles. The number of hydrogen-bond acceptors (Lipinski definition) is 3. The van der Waals surface area contributed by atoms with Crippen LogP contribution in [0.5, 0.6) is 0 Å². The highest BCUT2D eigenvalue weighted by Crippen LogP contribution is 2.31. The number of fused-ring (bicyclic) bond motifs is 1. The third-order valence-corrected chi connectivity index (χ3v) is 5.17. The van der Waals surface area contributed by atoms with Crippen LogP contribution in [0, 0.1) is 20.8 Å². The molecule has 4 aromatic rings. The summed E-state index contributed by atoms with van der Waals surface area (Å²) in [6, 6.07) is 19.6. The first-order valence-corrected chi connectivity index (χ1v) is 9.32. The lowest BCUT2D eigenvalue weighted by Crippen LogP contribution is -2.31. The lowest BCUT2D eigenvalue weighted by atomic mass is 10.0. The molecule has 28 heavy (non-hydrogen) atoms. The van der Waals surface area contributed by atoms with E-state index in [0.717, 1.165) is 33.2 Å². The van der Waals surface area contributed by atoms with Gasteiger partial charge in [0.2, 0.25) is 0 Å². The van der Waals surface area contributed by atoms with E-state index in [2.05, 4.69) is 11.1 Å². The molecule has 1 amide bonds. The van der Waals surface area contributed by atoms with Crippen molar-refractivity contribution in [2.45, 2.75) is 27.3 Å². The van der Waals surface area contributed by atoms with E-state index in [-0.39, 0.29) is 5.91 Å². The Morgan fingerprint density at radius 1 is 0.929 bits per heavy atom. The van der Waals surface area contributed by atoms with E-state index in [1.807, 2.05) is 75.4 Å². The second-order valence-corrected chi connectivity index (χ2v) is 7.01. The molecule has 0 aliphatic rings. The summed E-state index contributed by atoms with van der Waals surface area (Å²) in [5.74, 6) is 0.780. The molecule has 0 radical (unpaired) electrons. The summed E-state index contributed by atoms with van der Waals surface area (Å²) in [6.45, 7) is 6.43. The molecule has 0 atom stereocenters. The molecule has 4 nitrogen and oxygen atoms in total. The molecule has 0 aliphatic carbocycles. The number of aromatic nitrogens is 1. The molecule has 2 aromatic heterocycles. The molecule has 2 aromatic carbocycles. The van der Waals surface area contributed by atoms with E-state index >= 15 is 0 Å². The van der Waals surface area contributed by atoms with E-state index in [9.17, 15) is 4.79 Å². The second-order valence-electron chi connectivity index (χ2n) is 7.01. The average Bonchev–Trinajstić information content (AvgIpc) is 3.07. The van der Waals surface area contributed by atoms with E-state index in [1.54, 1.807) is 11.1 Å². The van der Waals surface area contributed by atoms with Crippen molar-refractivity contribution in [3.63, 3.8) is 0 Å². The van der Waals surface area contributed by atoms with Gasteiger partial charge in [-0.15, -0.1) is 0 Å². The maximum Gasteiger partial charge on any atom is 0.295 e. The molecule has 0 fully saturated rings. The Hall–Kier alpha value is -3.40. The van der Waals surface area contributed by atoms with Crippen molar-refractivity contribution in [1.29, 1.82) is 0 Å². The fourth-order valence-corrected chi connectivity index (χ4v) is 3.38. The number of amides is 1. The third kappa shape index (κ3) is 3.18. The minimum atomic E-state index is -0.187. The summed E-state index contributed by atoms with van der Waals surface area (Å²) in [4.78, 5) is 19.6. The number of rotatable bonds is 4. The van der Waals surface area contributed by atoms with E-state index < -0.39 is 0 Å². The molecule has 0 spiro atoms. The molecule has 4 heteroatoms. The first kappa shape index (κ1) is 18.0. The van der Waals surface area contributed by atoms with Crippen molar-refractivity contribution < 1.29 is 9.21 Å². The van der Waals surface area contributed by atoms with Crippen molar-refractivity contribution in [3.8, 4) is 0 Å². The van der Waals surface area contributed by atoms with Gasteiger partial charge in [-0.05, 0) is 49.6 Å². The molecule has 0 aliphatic heterocycles. The highest BCUT2D eigenvalue weighted by molar-refractivity contribution is 6.07. The number of carbonyl (C=O) groups is 1. The van der Waals surface area contributed by atoms with Gasteiger partial charge in [0.1, 0.15) is 11.4 Å². The Kier molecular flexibility index (Phi) is 4.70. The molecule has 0 N–H and O–H groups in total. The zero-order valence-electron chi connectivity index (χ0n) is 16.3. The molecular formula is C24H22N2O2. The predicted octanol–water partition coefficient (Wildman–Crippen LogP) is 5.60. The largest absolute Gasteiger partial charge is 0.450 e. The third-order valence-electron chi connectivity index (χ3n) is 5.17. The number of anilines is 1. The lowest BCUT2D eigenvalue weighted by Gasteiger charge is -2.21. The smallest absolute Gasteiger partial charge is 0.295 e. The van der Waals surface area contributed by atoms with Gasteiger partial charge in [0, 0.05) is 17.1 Å². The molecular weight excluding hydrogens is 348 g/mol. The average molecular weight is 370 g/mol. The Labute approximate surface area is 164 Å². The van der Waals surface area contributed by atoms with Crippen molar-refractivity contribution in [2.75, 3.05) is 4.90 Å². The Morgan fingerprint density at radius 2 is 1.68 bits per heavy atom. The van der Waals surface area contributed by atoms with Gasteiger partial charge in [-0.3, -0.25) is 9.69 Å². The highest BCUT2D eigenvalue weighted by Gasteiger charge is 2.26.